The van der Waals surface area contributed by atoms with Crippen molar-refractivity contribution in [3.8, 4) is 5.88 Å². The highest BCUT2D eigenvalue weighted by molar-refractivity contribution is 6.00. The minimum atomic E-state index is -0.00287. The molecule has 6 nitrogen and oxygen atoms in total. The molecule has 20 heavy (non-hydrogen) atoms. The molecule has 0 unspecified atom stereocenters. The fourth-order valence-electron chi connectivity index (χ4n) is 1.81. The Balaban J connectivity index is 2.68. The van der Waals surface area contributed by atoms with Gasteiger partial charge in [0.2, 0.25) is 5.88 Å². The number of ether oxygens (including phenoxy) is 2. The fourth-order valence-corrected chi connectivity index (χ4v) is 1.81. The summed E-state index contributed by atoms with van der Waals surface area (Å²) in [6.45, 7) is 7.45. The summed E-state index contributed by atoms with van der Waals surface area (Å²) >= 11 is 0. The first-order valence-electron chi connectivity index (χ1n) is 6.76. The molecule has 0 amide bonds. The van der Waals surface area contributed by atoms with E-state index in [4.69, 9.17) is 20.4 Å². The number of aryl methyl sites for hydroxylation is 2. The minimum absolute atomic E-state index is 0.00287. The Hall–Kier alpha value is -1.82. The number of hydrogen-bond acceptors (Lipinski definition) is 5. The van der Waals surface area contributed by atoms with E-state index in [1.54, 1.807) is 0 Å². The largest absolute Gasteiger partial charge is 0.475 e. The van der Waals surface area contributed by atoms with Gasteiger partial charge in [-0.2, -0.15) is 0 Å². The second kappa shape index (κ2) is 8.37. The third kappa shape index (κ3) is 4.70. The number of aromatic nitrogens is 1. The monoisotopic (exact) mass is 281 g/mol. The molecule has 3 N–H and O–H groups in total. The lowest BCUT2D eigenvalue weighted by Crippen LogP contribution is -2.19. The van der Waals surface area contributed by atoms with Crippen LogP contribution in [0.5, 0.6) is 5.88 Å². The van der Waals surface area contributed by atoms with Crippen molar-refractivity contribution in [2.75, 3.05) is 19.8 Å². The lowest BCUT2D eigenvalue weighted by Gasteiger charge is -2.13. The smallest absolute Gasteiger partial charge is 0.225 e. The average molecular weight is 281 g/mol. The van der Waals surface area contributed by atoms with Gasteiger partial charge in [-0.05, 0) is 31.9 Å². The first kappa shape index (κ1) is 16.2. The molecule has 0 aliphatic carbocycles. The molecule has 0 atom stereocenters. The number of nitrogens with zero attached hydrogens (tertiary/aromatic N) is 2. The number of pyridine rings is 1. The van der Waals surface area contributed by atoms with Gasteiger partial charge >= 0.3 is 0 Å². The number of rotatable bonds is 8. The highest BCUT2D eigenvalue weighted by Gasteiger charge is 2.14. The SMILES string of the molecule is CCCCOCCOc1nc(C)cc(C)c1/C(N)=N/O. The van der Waals surface area contributed by atoms with E-state index in [1.807, 2.05) is 19.9 Å². The Morgan fingerprint density at radius 2 is 2.10 bits per heavy atom. The Morgan fingerprint density at radius 3 is 2.75 bits per heavy atom. The molecule has 1 aromatic heterocycles. The van der Waals surface area contributed by atoms with Crippen LogP contribution in [0.2, 0.25) is 0 Å². The van der Waals surface area contributed by atoms with Crippen molar-refractivity contribution in [1.29, 1.82) is 0 Å². The molecule has 0 radical (unpaired) electrons. The zero-order valence-electron chi connectivity index (χ0n) is 12.3. The quantitative estimate of drug-likeness (QED) is 0.250. The normalized spacial score (nSPS) is 11.7. The number of amidine groups is 1. The molecule has 0 saturated carbocycles. The molecule has 6 heteroatoms. The van der Waals surface area contributed by atoms with Crippen LogP contribution in [0.25, 0.3) is 0 Å². The molecule has 0 bridgehead atoms. The lowest BCUT2D eigenvalue weighted by molar-refractivity contribution is 0.0963. The van der Waals surface area contributed by atoms with Gasteiger partial charge in [0.1, 0.15) is 6.61 Å². The molecule has 0 fully saturated rings. The minimum Gasteiger partial charge on any atom is -0.475 e. The molecule has 1 aromatic rings. The zero-order chi connectivity index (χ0) is 15.0. The van der Waals surface area contributed by atoms with E-state index in [2.05, 4.69) is 17.1 Å². The molecular formula is C14H23N3O3. The molecular weight excluding hydrogens is 258 g/mol. The van der Waals surface area contributed by atoms with Crippen molar-refractivity contribution in [2.45, 2.75) is 33.6 Å². The summed E-state index contributed by atoms with van der Waals surface area (Å²) < 4.78 is 11.0. The van der Waals surface area contributed by atoms with E-state index < -0.39 is 0 Å². The van der Waals surface area contributed by atoms with E-state index in [0.717, 1.165) is 30.7 Å². The van der Waals surface area contributed by atoms with Crippen molar-refractivity contribution < 1.29 is 14.7 Å². The van der Waals surface area contributed by atoms with Crippen LogP contribution in [0.15, 0.2) is 11.2 Å². The fraction of sp³-hybridized carbons (Fsp3) is 0.571. The van der Waals surface area contributed by atoms with Crippen LogP contribution in [0.1, 0.15) is 36.6 Å². The molecule has 0 spiro atoms. The Morgan fingerprint density at radius 1 is 1.35 bits per heavy atom. The molecule has 0 aromatic carbocycles. The van der Waals surface area contributed by atoms with Crippen LogP contribution in [0.4, 0.5) is 0 Å². The number of oxime groups is 1. The topological polar surface area (TPSA) is 90.0 Å². The van der Waals surface area contributed by atoms with Gasteiger partial charge in [-0.3, -0.25) is 0 Å². The van der Waals surface area contributed by atoms with E-state index in [0.29, 0.717) is 24.7 Å². The summed E-state index contributed by atoms with van der Waals surface area (Å²) in [4.78, 5) is 4.29. The highest BCUT2D eigenvalue weighted by atomic mass is 16.5. The van der Waals surface area contributed by atoms with Crippen LogP contribution in [-0.4, -0.2) is 35.8 Å². The molecule has 0 aliphatic rings. The van der Waals surface area contributed by atoms with Crippen molar-refractivity contribution >= 4 is 5.84 Å². The maximum atomic E-state index is 8.83. The summed E-state index contributed by atoms with van der Waals surface area (Å²) in [5, 5.41) is 11.9. The summed E-state index contributed by atoms with van der Waals surface area (Å²) in [6, 6.07) is 1.86. The van der Waals surface area contributed by atoms with Crippen molar-refractivity contribution in [1.82, 2.24) is 4.98 Å². The van der Waals surface area contributed by atoms with Crippen molar-refractivity contribution in [3.05, 3.63) is 22.9 Å². The van der Waals surface area contributed by atoms with E-state index >= 15 is 0 Å². The van der Waals surface area contributed by atoms with Gasteiger partial charge in [-0.15, -0.1) is 0 Å². The first-order valence-corrected chi connectivity index (χ1v) is 6.76. The summed E-state index contributed by atoms with van der Waals surface area (Å²) in [6.07, 6.45) is 2.14. The summed E-state index contributed by atoms with van der Waals surface area (Å²) in [5.74, 6) is 0.369. The standard InChI is InChI=1S/C14H23N3O3/c1-4-5-6-19-7-8-20-14-12(13(15)17-18)10(2)9-11(3)16-14/h9,18H,4-8H2,1-3H3,(H2,15,17). The van der Waals surface area contributed by atoms with Crippen LogP contribution in [-0.2, 0) is 4.74 Å². The number of nitrogens with two attached hydrogens (primary N) is 1. The van der Waals surface area contributed by atoms with Gasteiger partial charge in [0.05, 0.1) is 12.2 Å². The van der Waals surface area contributed by atoms with Crippen molar-refractivity contribution in [2.24, 2.45) is 10.9 Å². The first-order chi connectivity index (χ1) is 9.60. The molecule has 1 rings (SSSR count). The predicted octanol–water partition coefficient (Wildman–Crippen LogP) is 1.99. The van der Waals surface area contributed by atoms with Gasteiger partial charge in [0.25, 0.3) is 0 Å². The Bertz CT molecular complexity index is 461. The number of hydrogen-bond donors (Lipinski definition) is 2. The Kier molecular flexibility index (Phi) is 6.79. The second-order valence-corrected chi connectivity index (χ2v) is 4.56. The van der Waals surface area contributed by atoms with Gasteiger partial charge < -0.3 is 20.4 Å². The molecule has 0 aliphatic heterocycles. The zero-order valence-corrected chi connectivity index (χ0v) is 12.3. The predicted molar refractivity (Wildman–Crippen MR) is 77.4 cm³/mol. The van der Waals surface area contributed by atoms with Crippen LogP contribution >= 0.6 is 0 Å². The maximum Gasteiger partial charge on any atom is 0.225 e. The van der Waals surface area contributed by atoms with E-state index in [-0.39, 0.29) is 5.84 Å². The molecule has 1 heterocycles. The van der Waals surface area contributed by atoms with Crippen LogP contribution in [0, 0.1) is 13.8 Å². The second-order valence-electron chi connectivity index (χ2n) is 4.56. The van der Waals surface area contributed by atoms with Gasteiger partial charge in [-0.1, -0.05) is 18.5 Å². The third-order valence-corrected chi connectivity index (χ3v) is 2.78. The van der Waals surface area contributed by atoms with Gasteiger partial charge in [0.15, 0.2) is 5.84 Å². The van der Waals surface area contributed by atoms with Gasteiger partial charge in [-0.25, -0.2) is 4.98 Å². The van der Waals surface area contributed by atoms with E-state index in [1.165, 1.54) is 0 Å². The van der Waals surface area contributed by atoms with Crippen molar-refractivity contribution in [3.63, 3.8) is 0 Å². The van der Waals surface area contributed by atoms with Gasteiger partial charge in [0, 0.05) is 12.3 Å². The van der Waals surface area contributed by atoms with Crippen LogP contribution < -0.4 is 10.5 Å². The van der Waals surface area contributed by atoms with Crippen LogP contribution in [0.3, 0.4) is 0 Å². The summed E-state index contributed by atoms with van der Waals surface area (Å²) in [7, 11) is 0. The number of unbranched alkanes of at least 4 members (excludes halogenated alkanes) is 1. The lowest BCUT2D eigenvalue weighted by atomic mass is 10.1. The molecule has 112 valence electrons. The van der Waals surface area contributed by atoms with E-state index in [9.17, 15) is 0 Å². The maximum absolute atomic E-state index is 8.83. The average Bonchev–Trinajstić information content (AvgIpc) is 2.41. The third-order valence-electron chi connectivity index (χ3n) is 2.78. The highest BCUT2D eigenvalue weighted by Crippen LogP contribution is 2.20. The Labute approximate surface area is 119 Å². The summed E-state index contributed by atoms with van der Waals surface area (Å²) in [5.41, 5.74) is 7.86. The molecule has 0 saturated heterocycles.